The van der Waals surface area contributed by atoms with Crippen molar-refractivity contribution in [3.63, 3.8) is 0 Å². The van der Waals surface area contributed by atoms with E-state index in [1.165, 1.54) is 19.4 Å². The minimum atomic E-state index is 0.0334. The van der Waals surface area contributed by atoms with Crippen molar-refractivity contribution in [1.82, 2.24) is 14.5 Å². The lowest BCUT2D eigenvalue weighted by Gasteiger charge is -2.23. The van der Waals surface area contributed by atoms with Crippen LogP contribution in [0.25, 0.3) is 0 Å². The topological polar surface area (TPSA) is 50.2 Å². The van der Waals surface area contributed by atoms with Crippen LogP contribution < -0.4 is 10.9 Å². The van der Waals surface area contributed by atoms with Crippen molar-refractivity contribution < 1.29 is 0 Å². The molecule has 1 aromatic heterocycles. The zero-order valence-electron chi connectivity index (χ0n) is 11.5. The molecule has 1 aromatic rings. The molecule has 2 aliphatic rings. The number of anilines is 1. The summed E-state index contributed by atoms with van der Waals surface area (Å²) >= 11 is 0. The maximum absolute atomic E-state index is 12.2. The Hall–Kier alpha value is -1.36. The fourth-order valence-electron chi connectivity index (χ4n) is 2.94. The number of hydrogen-bond donors (Lipinski definition) is 1. The molecule has 1 aliphatic heterocycles. The second-order valence-corrected chi connectivity index (χ2v) is 5.52. The Balaban J connectivity index is 1.66. The minimum Gasteiger partial charge on any atom is -0.364 e. The summed E-state index contributed by atoms with van der Waals surface area (Å²) in [7, 11) is 0. The molecule has 0 spiro atoms. The van der Waals surface area contributed by atoms with Gasteiger partial charge in [-0.3, -0.25) is 9.69 Å². The van der Waals surface area contributed by atoms with Crippen molar-refractivity contribution >= 4 is 5.82 Å². The quantitative estimate of drug-likeness (QED) is 0.873. The third-order valence-corrected chi connectivity index (χ3v) is 4.22. The van der Waals surface area contributed by atoms with Gasteiger partial charge in [-0.05, 0) is 38.8 Å². The van der Waals surface area contributed by atoms with Gasteiger partial charge in [0.25, 0.3) is 5.56 Å². The monoisotopic (exact) mass is 262 g/mol. The first-order chi connectivity index (χ1) is 9.29. The van der Waals surface area contributed by atoms with E-state index in [0.29, 0.717) is 17.9 Å². The van der Waals surface area contributed by atoms with Gasteiger partial charge in [-0.25, -0.2) is 4.98 Å². The van der Waals surface area contributed by atoms with Gasteiger partial charge in [-0.2, -0.15) is 0 Å². The van der Waals surface area contributed by atoms with E-state index in [0.717, 1.165) is 25.9 Å². The highest BCUT2D eigenvalue weighted by atomic mass is 16.1. The van der Waals surface area contributed by atoms with Gasteiger partial charge < -0.3 is 9.88 Å². The van der Waals surface area contributed by atoms with Gasteiger partial charge in [0.1, 0.15) is 0 Å². The smallest absolute Gasteiger partial charge is 0.293 e. The molecule has 3 rings (SSSR count). The molecule has 1 unspecified atom stereocenters. The highest BCUT2D eigenvalue weighted by Gasteiger charge is 2.26. The summed E-state index contributed by atoms with van der Waals surface area (Å²) in [6, 6.07) is 0.954. The summed E-state index contributed by atoms with van der Waals surface area (Å²) in [5.41, 5.74) is 0.0334. The highest BCUT2D eigenvalue weighted by molar-refractivity contribution is 5.31. The van der Waals surface area contributed by atoms with E-state index < -0.39 is 0 Å². The number of nitrogens with one attached hydrogen (secondary N) is 1. The maximum atomic E-state index is 12.2. The molecule has 104 valence electrons. The molecule has 2 fully saturated rings. The van der Waals surface area contributed by atoms with Gasteiger partial charge in [0, 0.05) is 31.0 Å². The number of likely N-dealkylation sites (tertiary alicyclic amines) is 1. The molecule has 2 heterocycles. The Morgan fingerprint density at radius 3 is 3.00 bits per heavy atom. The van der Waals surface area contributed by atoms with E-state index in [1.807, 2.05) is 4.57 Å². The number of hydrogen-bond acceptors (Lipinski definition) is 4. The van der Waals surface area contributed by atoms with Gasteiger partial charge in [0.15, 0.2) is 5.82 Å². The van der Waals surface area contributed by atoms with E-state index >= 15 is 0 Å². The maximum Gasteiger partial charge on any atom is 0.293 e. The van der Waals surface area contributed by atoms with E-state index in [4.69, 9.17) is 0 Å². The molecule has 0 radical (unpaired) electrons. The van der Waals surface area contributed by atoms with E-state index in [2.05, 4.69) is 22.1 Å². The van der Waals surface area contributed by atoms with E-state index in [1.54, 1.807) is 12.4 Å². The molecule has 0 amide bonds. The summed E-state index contributed by atoms with van der Waals surface area (Å²) in [6.07, 6.45) is 8.25. The molecular formula is C14H22N4O. The van der Waals surface area contributed by atoms with Crippen LogP contribution in [-0.2, 0) is 0 Å². The second-order valence-electron chi connectivity index (χ2n) is 5.52. The van der Waals surface area contributed by atoms with Crippen LogP contribution in [0.1, 0.15) is 38.6 Å². The molecule has 1 saturated heterocycles. The predicted molar refractivity (Wildman–Crippen MR) is 75.5 cm³/mol. The Morgan fingerprint density at radius 2 is 2.26 bits per heavy atom. The van der Waals surface area contributed by atoms with Gasteiger partial charge in [-0.1, -0.05) is 6.92 Å². The standard InChI is InChI=1S/C14H22N4O/c1-2-17-8-3-4-12(17)10-16-13-14(19)18(9-7-15-13)11-5-6-11/h7,9,11-12H,2-6,8,10H2,1H3,(H,15,16). The third-order valence-electron chi connectivity index (χ3n) is 4.22. The average Bonchev–Trinajstić information content (AvgIpc) is 3.16. The van der Waals surface area contributed by atoms with Gasteiger partial charge in [-0.15, -0.1) is 0 Å². The first-order valence-electron chi connectivity index (χ1n) is 7.34. The fourth-order valence-corrected chi connectivity index (χ4v) is 2.94. The lowest BCUT2D eigenvalue weighted by Crippen LogP contribution is -2.36. The van der Waals surface area contributed by atoms with Gasteiger partial charge in [0.05, 0.1) is 0 Å². The molecule has 1 atom stereocenters. The van der Waals surface area contributed by atoms with Crippen LogP contribution in [0.5, 0.6) is 0 Å². The summed E-state index contributed by atoms with van der Waals surface area (Å²) < 4.78 is 1.82. The van der Waals surface area contributed by atoms with Gasteiger partial charge >= 0.3 is 0 Å². The van der Waals surface area contributed by atoms with Crippen molar-refractivity contribution in [2.75, 3.05) is 25.0 Å². The zero-order valence-corrected chi connectivity index (χ0v) is 11.5. The number of likely N-dealkylation sites (N-methyl/N-ethyl adjacent to an activating group) is 1. The lowest BCUT2D eigenvalue weighted by molar-refractivity contribution is 0.277. The van der Waals surface area contributed by atoms with Crippen molar-refractivity contribution in [3.05, 3.63) is 22.7 Å². The Labute approximate surface area is 113 Å². The molecule has 0 bridgehead atoms. The van der Waals surface area contributed by atoms with Crippen LogP contribution in [-0.4, -0.2) is 40.1 Å². The average molecular weight is 262 g/mol. The normalized spacial score (nSPS) is 23.7. The number of aromatic nitrogens is 2. The first-order valence-corrected chi connectivity index (χ1v) is 7.34. The fraction of sp³-hybridized carbons (Fsp3) is 0.714. The molecule has 5 nitrogen and oxygen atoms in total. The number of rotatable bonds is 5. The molecule has 1 aliphatic carbocycles. The second kappa shape index (κ2) is 5.33. The third kappa shape index (κ3) is 2.66. The largest absolute Gasteiger partial charge is 0.364 e. The minimum absolute atomic E-state index is 0.0334. The van der Waals surface area contributed by atoms with Gasteiger partial charge in [0.2, 0.25) is 0 Å². The van der Waals surface area contributed by atoms with Crippen molar-refractivity contribution in [2.24, 2.45) is 0 Å². The van der Waals surface area contributed by atoms with Crippen LogP contribution in [0.4, 0.5) is 5.82 Å². The predicted octanol–water partition coefficient (Wildman–Crippen LogP) is 1.47. The Kier molecular flexibility index (Phi) is 3.55. The van der Waals surface area contributed by atoms with Crippen LogP contribution in [0.15, 0.2) is 17.2 Å². The Bertz CT molecular complexity index is 494. The van der Waals surface area contributed by atoms with Crippen LogP contribution in [0.2, 0.25) is 0 Å². The molecule has 1 N–H and O–H groups in total. The molecule has 5 heteroatoms. The van der Waals surface area contributed by atoms with Crippen LogP contribution in [0.3, 0.4) is 0 Å². The first kappa shape index (κ1) is 12.7. The van der Waals surface area contributed by atoms with Crippen LogP contribution >= 0.6 is 0 Å². The summed E-state index contributed by atoms with van der Waals surface area (Å²) in [5.74, 6) is 0.511. The SMILES string of the molecule is CCN1CCCC1CNc1nccn(C2CC2)c1=O. The van der Waals surface area contributed by atoms with Crippen LogP contribution in [0, 0.1) is 0 Å². The summed E-state index contributed by atoms with van der Waals surface area (Å²) in [6.45, 7) is 5.28. The number of nitrogens with zero attached hydrogens (tertiary/aromatic N) is 3. The van der Waals surface area contributed by atoms with Crippen molar-refractivity contribution in [3.8, 4) is 0 Å². The van der Waals surface area contributed by atoms with E-state index in [9.17, 15) is 4.79 Å². The summed E-state index contributed by atoms with van der Waals surface area (Å²) in [5, 5.41) is 3.26. The van der Waals surface area contributed by atoms with Crippen molar-refractivity contribution in [2.45, 2.75) is 44.7 Å². The molecule has 19 heavy (non-hydrogen) atoms. The van der Waals surface area contributed by atoms with E-state index in [-0.39, 0.29) is 5.56 Å². The molecular weight excluding hydrogens is 240 g/mol. The lowest BCUT2D eigenvalue weighted by atomic mass is 10.2. The zero-order chi connectivity index (χ0) is 13.2. The summed E-state index contributed by atoms with van der Waals surface area (Å²) in [4.78, 5) is 18.9. The molecule has 1 saturated carbocycles. The molecule has 0 aromatic carbocycles. The van der Waals surface area contributed by atoms with Crippen molar-refractivity contribution in [1.29, 1.82) is 0 Å². The Morgan fingerprint density at radius 1 is 1.42 bits per heavy atom. The highest BCUT2D eigenvalue weighted by Crippen LogP contribution is 2.33.